The van der Waals surface area contributed by atoms with Crippen molar-refractivity contribution in [2.24, 2.45) is 0 Å². The van der Waals surface area contributed by atoms with Crippen molar-refractivity contribution in [2.75, 3.05) is 12.4 Å². The summed E-state index contributed by atoms with van der Waals surface area (Å²) in [6.07, 6.45) is 1.20. The van der Waals surface area contributed by atoms with Crippen molar-refractivity contribution >= 4 is 45.4 Å². The highest BCUT2D eigenvalue weighted by Crippen LogP contribution is 2.51. The summed E-state index contributed by atoms with van der Waals surface area (Å²) in [7, 11) is 1.53. The molecule has 2 unspecified atom stereocenters. The van der Waals surface area contributed by atoms with E-state index in [9.17, 15) is 9.59 Å². The van der Waals surface area contributed by atoms with Gasteiger partial charge in [0.15, 0.2) is 17.3 Å². The van der Waals surface area contributed by atoms with Crippen LogP contribution in [0.4, 0.5) is 5.69 Å². The molecule has 0 saturated carbocycles. The Morgan fingerprint density at radius 2 is 1.58 bits per heavy atom. The number of carbonyl (C=O) groups is 2. The predicted molar refractivity (Wildman–Crippen MR) is 170 cm³/mol. The van der Waals surface area contributed by atoms with Crippen LogP contribution in [-0.2, 0) is 4.79 Å². The van der Waals surface area contributed by atoms with Crippen molar-refractivity contribution in [1.29, 1.82) is 0 Å². The molecule has 2 aliphatic rings. The van der Waals surface area contributed by atoms with Crippen LogP contribution in [0.2, 0.25) is 5.02 Å². The normalized spacial score (nSPS) is 17.6. The monoisotopic (exact) mass is 585 g/mol. The average molecular weight is 586 g/mol. The van der Waals surface area contributed by atoms with Gasteiger partial charge in [-0.1, -0.05) is 90.5 Å². The Labute approximate surface area is 254 Å². The lowest BCUT2D eigenvalue weighted by atomic mass is 9.71. The number of hydrogen-bond donors (Lipinski definition) is 1. The number of fused-ring (bicyclic) bond motifs is 4. The van der Waals surface area contributed by atoms with Crippen LogP contribution < -0.4 is 14.8 Å². The molecule has 0 fully saturated rings. The van der Waals surface area contributed by atoms with Crippen molar-refractivity contribution < 1.29 is 19.1 Å². The SMILES string of the molecule is COc1cc(C2Nc3ccc4ccccc4c3C3=C2C(=O)CC(c2ccccc2)C3)ccc1OC(=O)c1ccccc1Cl. The largest absolute Gasteiger partial charge is 0.493 e. The number of ether oxygens (including phenoxy) is 2. The standard InChI is InChI=1S/C37H28ClNO4/c1-42-33-21-24(16-18-32(33)43-37(41)27-13-7-8-14-29(27)38)36-35-28(19-25(20-31(35)40)22-9-3-2-4-10-22)34-26-12-6-5-11-23(26)15-17-30(34)39-36/h2-18,21,25,36,39H,19-20H2,1H3. The van der Waals surface area contributed by atoms with Crippen LogP contribution in [0.3, 0.4) is 0 Å². The topological polar surface area (TPSA) is 64.6 Å². The number of nitrogens with one attached hydrogen (secondary N) is 1. The first-order chi connectivity index (χ1) is 21.0. The van der Waals surface area contributed by atoms with Crippen molar-refractivity contribution in [3.63, 3.8) is 0 Å². The van der Waals surface area contributed by atoms with Crippen LogP contribution >= 0.6 is 11.6 Å². The quantitative estimate of drug-likeness (QED) is 0.165. The summed E-state index contributed by atoms with van der Waals surface area (Å²) in [5, 5.41) is 6.24. The van der Waals surface area contributed by atoms with Gasteiger partial charge in [0.05, 0.1) is 23.7 Å². The Bertz CT molecular complexity index is 1930. The molecule has 1 heterocycles. The first kappa shape index (κ1) is 27.0. The zero-order valence-electron chi connectivity index (χ0n) is 23.5. The van der Waals surface area contributed by atoms with E-state index in [1.165, 1.54) is 12.7 Å². The number of esters is 1. The molecule has 5 aromatic carbocycles. The molecule has 212 valence electrons. The minimum atomic E-state index is -0.576. The van der Waals surface area contributed by atoms with Crippen molar-refractivity contribution in [2.45, 2.75) is 24.8 Å². The maximum absolute atomic E-state index is 14.1. The van der Waals surface area contributed by atoms with Gasteiger partial charge < -0.3 is 14.8 Å². The lowest BCUT2D eigenvalue weighted by Crippen LogP contribution is -2.29. The van der Waals surface area contributed by atoms with E-state index in [2.05, 4.69) is 41.7 Å². The summed E-state index contributed by atoms with van der Waals surface area (Å²) in [4.78, 5) is 27.0. The third kappa shape index (κ3) is 4.86. The van der Waals surface area contributed by atoms with Crippen molar-refractivity contribution in [3.05, 3.63) is 142 Å². The van der Waals surface area contributed by atoms with E-state index >= 15 is 0 Å². The fourth-order valence-corrected chi connectivity index (χ4v) is 6.60. The van der Waals surface area contributed by atoms with E-state index in [1.807, 2.05) is 42.5 Å². The van der Waals surface area contributed by atoms with Crippen LogP contribution in [0.5, 0.6) is 11.5 Å². The van der Waals surface area contributed by atoms with Crippen molar-refractivity contribution in [3.8, 4) is 11.5 Å². The third-order valence-electron chi connectivity index (χ3n) is 8.42. The van der Waals surface area contributed by atoms with Crippen LogP contribution in [0.1, 0.15) is 51.8 Å². The minimum Gasteiger partial charge on any atom is -0.493 e. The number of benzene rings is 5. The molecule has 0 radical (unpaired) electrons. The van der Waals surface area contributed by atoms with E-state index < -0.39 is 12.0 Å². The molecule has 0 amide bonds. The Morgan fingerprint density at radius 1 is 0.814 bits per heavy atom. The second-order valence-electron chi connectivity index (χ2n) is 10.9. The summed E-state index contributed by atoms with van der Waals surface area (Å²) < 4.78 is 11.4. The molecule has 1 N–H and O–H groups in total. The number of hydrogen-bond acceptors (Lipinski definition) is 5. The Balaban J connectivity index is 1.32. The molecular weight excluding hydrogens is 558 g/mol. The second-order valence-corrected chi connectivity index (χ2v) is 11.3. The lowest BCUT2D eigenvalue weighted by Gasteiger charge is -2.37. The van der Waals surface area contributed by atoms with Gasteiger partial charge in [-0.05, 0) is 70.1 Å². The zero-order chi connectivity index (χ0) is 29.5. The maximum atomic E-state index is 14.1. The molecule has 5 aromatic rings. The molecule has 1 aliphatic heterocycles. The highest BCUT2D eigenvalue weighted by molar-refractivity contribution is 6.33. The molecule has 0 saturated heterocycles. The highest BCUT2D eigenvalue weighted by atomic mass is 35.5. The van der Waals surface area contributed by atoms with Crippen LogP contribution in [0.15, 0.2) is 115 Å². The number of halogens is 1. The lowest BCUT2D eigenvalue weighted by molar-refractivity contribution is -0.116. The van der Waals surface area contributed by atoms with Gasteiger partial charge in [-0.15, -0.1) is 0 Å². The first-order valence-corrected chi connectivity index (χ1v) is 14.6. The van der Waals surface area contributed by atoms with Gasteiger partial charge in [0.1, 0.15) is 0 Å². The highest BCUT2D eigenvalue weighted by Gasteiger charge is 2.38. The van der Waals surface area contributed by atoms with Crippen LogP contribution in [0.25, 0.3) is 16.3 Å². The van der Waals surface area contributed by atoms with Gasteiger partial charge in [0.25, 0.3) is 0 Å². The number of rotatable bonds is 5. The second kappa shape index (κ2) is 11.1. The summed E-state index contributed by atoms with van der Waals surface area (Å²) in [5.74, 6) is 0.300. The molecular formula is C37H28ClNO4. The molecule has 7 rings (SSSR count). The number of anilines is 1. The Kier molecular flexibility index (Phi) is 6.96. The predicted octanol–water partition coefficient (Wildman–Crippen LogP) is 8.79. The Morgan fingerprint density at radius 3 is 2.40 bits per heavy atom. The number of methoxy groups -OCH3 is 1. The van der Waals surface area contributed by atoms with Gasteiger partial charge in [0.2, 0.25) is 0 Å². The molecule has 0 bridgehead atoms. The summed E-state index contributed by atoms with van der Waals surface area (Å²) in [5.41, 5.74) is 6.21. The maximum Gasteiger partial charge on any atom is 0.345 e. The van der Waals surface area contributed by atoms with Gasteiger partial charge in [-0.2, -0.15) is 0 Å². The van der Waals surface area contributed by atoms with E-state index in [0.29, 0.717) is 17.2 Å². The van der Waals surface area contributed by atoms with Crippen LogP contribution in [0, 0.1) is 0 Å². The number of Topliss-reactive ketones (excluding diaryl/α,β-unsaturated/α-hetero) is 1. The smallest absolute Gasteiger partial charge is 0.345 e. The van der Waals surface area contributed by atoms with E-state index in [1.54, 1.807) is 30.3 Å². The first-order valence-electron chi connectivity index (χ1n) is 14.3. The van der Waals surface area contributed by atoms with Gasteiger partial charge >= 0.3 is 5.97 Å². The van der Waals surface area contributed by atoms with Gasteiger partial charge in [0, 0.05) is 23.2 Å². The van der Waals surface area contributed by atoms with Gasteiger partial charge in [-0.3, -0.25) is 4.79 Å². The number of carbonyl (C=O) groups excluding carboxylic acids is 2. The van der Waals surface area contributed by atoms with Crippen LogP contribution in [-0.4, -0.2) is 18.9 Å². The zero-order valence-corrected chi connectivity index (χ0v) is 24.2. The molecule has 2 atom stereocenters. The van der Waals surface area contributed by atoms with Gasteiger partial charge in [-0.25, -0.2) is 4.79 Å². The molecule has 1 aliphatic carbocycles. The summed E-state index contributed by atoms with van der Waals surface area (Å²) in [6, 6.07) is 34.6. The molecule has 43 heavy (non-hydrogen) atoms. The third-order valence-corrected chi connectivity index (χ3v) is 8.75. The van der Waals surface area contributed by atoms with Crippen molar-refractivity contribution in [1.82, 2.24) is 0 Å². The Hall–Kier alpha value is -4.87. The summed E-state index contributed by atoms with van der Waals surface area (Å²) >= 11 is 6.21. The molecule has 0 aromatic heterocycles. The number of ketones is 1. The molecule has 6 heteroatoms. The van der Waals surface area contributed by atoms with E-state index in [4.69, 9.17) is 21.1 Å². The molecule has 5 nitrogen and oxygen atoms in total. The minimum absolute atomic E-state index is 0.0964. The summed E-state index contributed by atoms with van der Waals surface area (Å²) in [6.45, 7) is 0. The number of allylic oxidation sites excluding steroid dienone is 1. The fourth-order valence-electron chi connectivity index (χ4n) is 6.39. The van der Waals surface area contributed by atoms with E-state index in [-0.39, 0.29) is 23.0 Å². The molecule has 0 spiro atoms. The van der Waals surface area contributed by atoms with E-state index in [0.717, 1.165) is 45.2 Å². The average Bonchev–Trinajstić information content (AvgIpc) is 3.04. The fraction of sp³-hybridized carbons (Fsp3) is 0.135.